The van der Waals surface area contributed by atoms with Crippen LogP contribution >= 0.6 is 0 Å². The third-order valence-electron chi connectivity index (χ3n) is 5.36. The van der Waals surface area contributed by atoms with Gasteiger partial charge in [0.15, 0.2) is 0 Å². The molecule has 3 rings (SSSR count). The summed E-state index contributed by atoms with van der Waals surface area (Å²) < 4.78 is 39.6. The zero-order chi connectivity index (χ0) is 22.6. The van der Waals surface area contributed by atoms with E-state index in [1.807, 2.05) is 0 Å². The van der Waals surface area contributed by atoms with Gasteiger partial charge in [0.25, 0.3) is 0 Å². The summed E-state index contributed by atoms with van der Waals surface area (Å²) in [5, 5.41) is 6.99. The zero-order valence-corrected chi connectivity index (χ0v) is 17.5. The number of nitrogens with zero attached hydrogens (tertiary/aromatic N) is 4. The Bertz CT molecular complexity index is 883. The van der Waals surface area contributed by atoms with Gasteiger partial charge in [0, 0.05) is 45.1 Å². The van der Waals surface area contributed by atoms with Crippen LogP contribution in [-0.4, -0.2) is 64.1 Å². The van der Waals surface area contributed by atoms with E-state index >= 15 is 0 Å². The Morgan fingerprint density at radius 1 is 1.29 bits per heavy atom. The van der Waals surface area contributed by atoms with Crippen molar-refractivity contribution in [2.45, 2.75) is 38.1 Å². The number of benzene rings is 1. The topological polar surface area (TPSA) is 70.5 Å². The van der Waals surface area contributed by atoms with Gasteiger partial charge in [0.05, 0.1) is 12.1 Å². The lowest BCUT2D eigenvalue weighted by Crippen LogP contribution is -2.45. The minimum atomic E-state index is -4.34. The van der Waals surface area contributed by atoms with E-state index < -0.39 is 17.8 Å². The second-order valence-corrected chi connectivity index (χ2v) is 7.84. The van der Waals surface area contributed by atoms with Crippen molar-refractivity contribution in [1.82, 2.24) is 24.9 Å². The first-order chi connectivity index (χ1) is 14.6. The van der Waals surface area contributed by atoms with Crippen molar-refractivity contribution in [3.05, 3.63) is 53.9 Å². The molecule has 1 aromatic heterocycles. The Morgan fingerprint density at radius 3 is 2.61 bits per heavy atom. The third-order valence-corrected chi connectivity index (χ3v) is 5.36. The van der Waals surface area contributed by atoms with E-state index in [0.29, 0.717) is 13.1 Å². The van der Waals surface area contributed by atoms with Gasteiger partial charge in [-0.25, -0.2) is 0 Å². The molecule has 10 heteroatoms. The van der Waals surface area contributed by atoms with Gasteiger partial charge in [-0.3, -0.25) is 19.2 Å². The maximum absolute atomic E-state index is 12.7. The van der Waals surface area contributed by atoms with E-state index in [2.05, 4.69) is 15.3 Å². The fraction of sp³-hybridized carbons (Fsp3) is 0.476. The molecule has 0 saturated carbocycles. The van der Waals surface area contributed by atoms with Crippen molar-refractivity contribution >= 4 is 11.8 Å². The average molecular weight is 437 g/mol. The highest BCUT2D eigenvalue weighted by atomic mass is 19.4. The number of carbonyl (C=O) groups is 2. The van der Waals surface area contributed by atoms with Crippen LogP contribution in [0, 0.1) is 0 Å². The maximum atomic E-state index is 12.7. The number of carbonyl (C=O) groups excluding carboxylic acids is 2. The molecule has 0 aliphatic carbocycles. The number of likely N-dealkylation sites (tertiary alicyclic amines) is 1. The smallest absolute Gasteiger partial charge is 0.350 e. The Kier molecular flexibility index (Phi) is 6.99. The van der Waals surface area contributed by atoms with Crippen LogP contribution in [-0.2, 0) is 22.3 Å². The van der Waals surface area contributed by atoms with Crippen molar-refractivity contribution in [3.63, 3.8) is 0 Å². The van der Waals surface area contributed by atoms with Crippen LogP contribution in [0.15, 0.2) is 42.7 Å². The Labute approximate surface area is 178 Å². The molecule has 0 radical (unpaired) electrons. The summed E-state index contributed by atoms with van der Waals surface area (Å²) in [6.07, 6.45) is -0.312. The van der Waals surface area contributed by atoms with Crippen molar-refractivity contribution in [1.29, 1.82) is 0 Å². The maximum Gasteiger partial charge on any atom is 0.416 e. The number of halogens is 3. The second-order valence-electron chi connectivity index (χ2n) is 7.84. The monoisotopic (exact) mass is 437 g/mol. The van der Waals surface area contributed by atoms with Gasteiger partial charge in [-0.2, -0.15) is 18.3 Å². The van der Waals surface area contributed by atoms with E-state index in [9.17, 15) is 22.8 Å². The van der Waals surface area contributed by atoms with Gasteiger partial charge >= 0.3 is 6.18 Å². The van der Waals surface area contributed by atoms with Crippen LogP contribution in [0.5, 0.6) is 0 Å². The molecule has 7 nitrogen and oxygen atoms in total. The van der Waals surface area contributed by atoms with Crippen LogP contribution in [0.4, 0.5) is 13.2 Å². The summed E-state index contributed by atoms with van der Waals surface area (Å²) in [4.78, 5) is 28.3. The predicted molar refractivity (Wildman–Crippen MR) is 108 cm³/mol. The van der Waals surface area contributed by atoms with E-state index in [0.717, 1.165) is 30.7 Å². The molecule has 1 aliphatic heterocycles. The highest BCUT2D eigenvalue weighted by molar-refractivity contribution is 5.86. The van der Waals surface area contributed by atoms with E-state index in [1.54, 1.807) is 32.4 Å². The van der Waals surface area contributed by atoms with E-state index in [-0.39, 0.29) is 24.4 Å². The van der Waals surface area contributed by atoms with Crippen LogP contribution in [0.2, 0.25) is 0 Å². The average Bonchev–Trinajstić information content (AvgIpc) is 3.39. The first-order valence-electron chi connectivity index (χ1n) is 10.1. The van der Waals surface area contributed by atoms with Crippen LogP contribution in [0.1, 0.15) is 30.5 Å². The number of rotatable bonds is 7. The second kappa shape index (κ2) is 9.51. The predicted octanol–water partition coefficient (Wildman–Crippen LogP) is 2.31. The fourth-order valence-corrected chi connectivity index (χ4v) is 3.66. The van der Waals surface area contributed by atoms with E-state index in [1.165, 1.54) is 21.7 Å². The molecule has 2 atom stereocenters. The molecular weight excluding hydrogens is 411 g/mol. The minimum absolute atomic E-state index is 0.0557. The zero-order valence-electron chi connectivity index (χ0n) is 17.5. The number of hydrogen-bond donors (Lipinski definition) is 1. The number of amides is 2. The molecule has 2 unspecified atom stereocenters. The molecule has 2 heterocycles. The number of nitrogens with one attached hydrogen (secondary N) is 1. The molecule has 2 amide bonds. The lowest BCUT2D eigenvalue weighted by molar-refractivity contribution is -0.137. The van der Waals surface area contributed by atoms with Crippen LogP contribution in [0.3, 0.4) is 0 Å². The van der Waals surface area contributed by atoms with Crippen molar-refractivity contribution in [3.8, 4) is 0 Å². The Balaban J connectivity index is 1.44. The molecule has 1 saturated heterocycles. The molecule has 1 aromatic carbocycles. The largest absolute Gasteiger partial charge is 0.416 e. The van der Waals surface area contributed by atoms with Crippen molar-refractivity contribution in [2.75, 3.05) is 26.7 Å². The lowest BCUT2D eigenvalue weighted by atomic mass is 10.1. The fourth-order valence-electron chi connectivity index (χ4n) is 3.66. The third kappa shape index (κ3) is 6.06. The first-order valence-corrected chi connectivity index (χ1v) is 10.1. The van der Waals surface area contributed by atoms with Crippen molar-refractivity contribution < 1.29 is 22.8 Å². The molecule has 0 spiro atoms. The molecule has 1 N–H and O–H groups in total. The molecule has 1 fully saturated rings. The first kappa shape index (κ1) is 22.8. The van der Waals surface area contributed by atoms with Gasteiger partial charge in [-0.15, -0.1) is 0 Å². The van der Waals surface area contributed by atoms with Gasteiger partial charge in [-0.05, 0) is 37.1 Å². The van der Waals surface area contributed by atoms with Gasteiger partial charge in [-0.1, -0.05) is 12.1 Å². The molecule has 0 bridgehead atoms. The van der Waals surface area contributed by atoms with Gasteiger partial charge in [0.1, 0.15) is 6.04 Å². The lowest BCUT2D eigenvalue weighted by Gasteiger charge is -2.22. The molecule has 2 aromatic rings. The molecular formula is C21H26F3N5O2. The van der Waals surface area contributed by atoms with Crippen LogP contribution < -0.4 is 5.32 Å². The number of hydrogen-bond acceptors (Lipinski definition) is 4. The van der Waals surface area contributed by atoms with E-state index in [4.69, 9.17) is 0 Å². The Morgan fingerprint density at radius 2 is 2.00 bits per heavy atom. The minimum Gasteiger partial charge on any atom is -0.350 e. The molecule has 168 valence electrons. The summed E-state index contributed by atoms with van der Waals surface area (Å²) in [5.41, 5.74) is 0.126. The summed E-state index contributed by atoms with van der Waals surface area (Å²) in [7, 11) is 1.58. The standard InChI is InChI=1S/C21H26F3N5O2/c1-15(29-10-3-9-25-29)20(31)27(2)14-19(30)26-18-8-11-28(13-18)12-16-4-6-17(7-5-16)21(22,23)24/h3-7,9-10,15,18H,8,11-14H2,1-2H3,(H,26,30). The number of aromatic nitrogens is 2. The highest BCUT2D eigenvalue weighted by Crippen LogP contribution is 2.29. The normalized spacial score (nSPS) is 18.0. The molecule has 1 aliphatic rings. The number of alkyl halides is 3. The summed E-state index contributed by atoms with van der Waals surface area (Å²) in [6, 6.07) is 6.30. The highest BCUT2D eigenvalue weighted by Gasteiger charge is 2.30. The SMILES string of the molecule is CC(C(=O)N(C)CC(=O)NC1CCN(Cc2ccc(C(F)(F)F)cc2)C1)n1cccn1. The van der Waals surface area contributed by atoms with Crippen LogP contribution in [0.25, 0.3) is 0 Å². The molecule has 31 heavy (non-hydrogen) atoms. The van der Waals surface area contributed by atoms with Gasteiger partial charge < -0.3 is 10.2 Å². The summed E-state index contributed by atoms with van der Waals surface area (Å²) in [6.45, 7) is 3.52. The quantitative estimate of drug-likeness (QED) is 0.722. The summed E-state index contributed by atoms with van der Waals surface area (Å²) in [5.74, 6) is -0.459. The van der Waals surface area contributed by atoms with Crippen molar-refractivity contribution in [2.24, 2.45) is 0 Å². The van der Waals surface area contributed by atoms with Gasteiger partial charge in [0.2, 0.25) is 11.8 Å². The number of likely N-dealkylation sites (N-methyl/N-ethyl adjacent to an activating group) is 1. The summed E-state index contributed by atoms with van der Waals surface area (Å²) >= 11 is 0. The Hall–Kier alpha value is -2.88.